The Morgan fingerprint density at radius 1 is 1.39 bits per heavy atom. The summed E-state index contributed by atoms with van der Waals surface area (Å²) in [5.74, 6) is 0. The predicted molar refractivity (Wildman–Crippen MR) is 73.7 cm³/mol. The van der Waals surface area contributed by atoms with Crippen molar-refractivity contribution >= 4 is 10.9 Å². The highest BCUT2D eigenvalue weighted by Gasteiger charge is 2.20. The fraction of sp³-hybridized carbons (Fsp3) is 0.467. The van der Waals surface area contributed by atoms with E-state index in [-0.39, 0.29) is 6.61 Å². The molecule has 0 amide bonds. The molecule has 1 aliphatic heterocycles. The molecule has 0 bridgehead atoms. The van der Waals surface area contributed by atoms with Crippen molar-refractivity contribution in [2.45, 2.75) is 26.3 Å². The topological polar surface area (TPSA) is 39.3 Å². The number of aliphatic hydroxyl groups is 1. The SMILES string of the molecule is Cc1ccc2[nH]c3c(c2c1)CN(CCCO)CC3. The first-order valence-electron chi connectivity index (χ1n) is 6.71. The Labute approximate surface area is 107 Å². The Balaban J connectivity index is 1.93. The maximum atomic E-state index is 8.93. The van der Waals surface area contributed by atoms with Gasteiger partial charge in [-0.3, -0.25) is 4.90 Å². The van der Waals surface area contributed by atoms with E-state index in [0.717, 1.165) is 32.5 Å². The van der Waals surface area contributed by atoms with Crippen molar-refractivity contribution < 1.29 is 5.11 Å². The lowest BCUT2D eigenvalue weighted by Gasteiger charge is -2.26. The molecule has 0 atom stereocenters. The van der Waals surface area contributed by atoms with Crippen LogP contribution in [0.4, 0.5) is 0 Å². The highest BCUT2D eigenvalue weighted by molar-refractivity contribution is 5.85. The van der Waals surface area contributed by atoms with Crippen LogP contribution in [0.3, 0.4) is 0 Å². The van der Waals surface area contributed by atoms with Crippen LogP contribution >= 0.6 is 0 Å². The van der Waals surface area contributed by atoms with E-state index in [9.17, 15) is 0 Å². The Morgan fingerprint density at radius 3 is 3.11 bits per heavy atom. The zero-order valence-electron chi connectivity index (χ0n) is 10.9. The number of nitrogens with zero attached hydrogens (tertiary/aromatic N) is 1. The summed E-state index contributed by atoms with van der Waals surface area (Å²) < 4.78 is 0. The van der Waals surface area contributed by atoms with Crippen LogP contribution in [-0.2, 0) is 13.0 Å². The molecular weight excluding hydrogens is 224 g/mol. The van der Waals surface area contributed by atoms with Crippen LogP contribution in [-0.4, -0.2) is 34.7 Å². The molecule has 2 aromatic rings. The maximum Gasteiger partial charge on any atom is 0.0459 e. The van der Waals surface area contributed by atoms with Crippen molar-refractivity contribution in [1.29, 1.82) is 0 Å². The fourth-order valence-corrected chi connectivity index (χ4v) is 2.87. The molecule has 18 heavy (non-hydrogen) atoms. The standard InChI is InChI=1S/C15H20N2O/c1-11-3-4-14-12(9-11)13-10-17(6-2-8-18)7-5-15(13)16-14/h3-4,9,16,18H,2,5-8,10H2,1H3. The summed E-state index contributed by atoms with van der Waals surface area (Å²) >= 11 is 0. The van der Waals surface area contributed by atoms with Gasteiger partial charge in [0.05, 0.1) is 0 Å². The molecule has 0 fully saturated rings. The van der Waals surface area contributed by atoms with Crippen molar-refractivity contribution in [1.82, 2.24) is 9.88 Å². The van der Waals surface area contributed by atoms with Gasteiger partial charge in [0.25, 0.3) is 0 Å². The first-order valence-corrected chi connectivity index (χ1v) is 6.71. The average Bonchev–Trinajstić information content (AvgIpc) is 2.74. The van der Waals surface area contributed by atoms with E-state index in [1.54, 1.807) is 0 Å². The van der Waals surface area contributed by atoms with Crippen molar-refractivity contribution in [3.05, 3.63) is 35.0 Å². The van der Waals surface area contributed by atoms with E-state index in [0.29, 0.717) is 0 Å². The van der Waals surface area contributed by atoms with Crippen molar-refractivity contribution in [3.63, 3.8) is 0 Å². The number of aryl methyl sites for hydroxylation is 1. The molecule has 0 radical (unpaired) electrons. The maximum absolute atomic E-state index is 8.93. The number of hydrogen-bond acceptors (Lipinski definition) is 2. The van der Waals surface area contributed by atoms with Gasteiger partial charge in [0, 0.05) is 49.3 Å². The molecule has 0 spiro atoms. The fourth-order valence-electron chi connectivity index (χ4n) is 2.87. The number of fused-ring (bicyclic) bond motifs is 3. The molecule has 1 aromatic carbocycles. The van der Waals surface area contributed by atoms with E-state index in [1.165, 1.54) is 27.7 Å². The number of rotatable bonds is 3. The van der Waals surface area contributed by atoms with Gasteiger partial charge in [-0.25, -0.2) is 0 Å². The van der Waals surface area contributed by atoms with Crippen LogP contribution in [0.15, 0.2) is 18.2 Å². The number of hydrogen-bond donors (Lipinski definition) is 2. The van der Waals surface area contributed by atoms with Crippen LogP contribution in [0.5, 0.6) is 0 Å². The molecule has 1 aliphatic rings. The molecule has 2 N–H and O–H groups in total. The summed E-state index contributed by atoms with van der Waals surface area (Å²) in [6, 6.07) is 6.62. The summed E-state index contributed by atoms with van der Waals surface area (Å²) in [7, 11) is 0. The molecule has 0 aliphatic carbocycles. The first kappa shape index (κ1) is 11.8. The van der Waals surface area contributed by atoms with Gasteiger partial charge in [-0.15, -0.1) is 0 Å². The van der Waals surface area contributed by atoms with Gasteiger partial charge < -0.3 is 10.1 Å². The van der Waals surface area contributed by atoms with E-state index in [1.807, 2.05) is 0 Å². The molecule has 0 unspecified atom stereocenters. The quantitative estimate of drug-likeness (QED) is 0.869. The predicted octanol–water partition coefficient (Wildman–Crippen LogP) is 2.22. The number of benzene rings is 1. The van der Waals surface area contributed by atoms with E-state index >= 15 is 0 Å². The zero-order chi connectivity index (χ0) is 12.5. The summed E-state index contributed by atoms with van der Waals surface area (Å²) in [6.07, 6.45) is 1.96. The van der Waals surface area contributed by atoms with Crippen LogP contribution in [0.1, 0.15) is 23.2 Å². The van der Waals surface area contributed by atoms with Gasteiger partial charge in [-0.1, -0.05) is 11.6 Å². The summed E-state index contributed by atoms with van der Waals surface area (Å²) in [5, 5.41) is 10.3. The summed E-state index contributed by atoms with van der Waals surface area (Å²) in [6.45, 7) is 5.54. The van der Waals surface area contributed by atoms with Crippen molar-refractivity contribution in [3.8, 4) is 0 Å². The molecule has 1 aromatic heterocycles. The van der Waals surface area contributed by atoms with E-state index in [2.05, 4.69) is 35.0 Å². The second-order valence-corrected chi connectivity index (χ2v) is 5.23. The van der Waals surface area contributed by atoms with Gasteiger partial charge in [0.15, 0.2) is 0 Å². The minimum atomic E-state index is 0.288. The molecule has 3 heteroatoms. The van der Waals surface area contributed by atoms with Gasteiger partial charge in [-0.05, 0) is 31.0 Å². The lowest BCUT2D eigenvalue weighted by atomic mass is 10.0. The molecule has 0 saturated heterocycles. The zero-order valence-corrected chi connectivity index (χ0v) is 10.9. The Morgan fingerprint density at radius 2 is 2.28 bits per heavy atom. The van der Waals surface area contributed by atoms with Crippen LogP contribution in [0, 0.1) is 6.92 Å². The van der Waals surface area contributed by atoms with Crippen molar-refractivity contribution in [2.75, 3.05) is 19.7 Å². The number of aromatic amines is 1. The number of H-pyrrole nitrogens is 1. The minimum absolute atomic E-state index is 0.288. The first-order chi connectivity index (χ1) is 8.78. The number of aliphatic hydroxyl groups excluding tert-OH is 1. The average molecular weight is 244 g/mol. The third kappa shape index (κ3) is 2.04. The van der Waals surface area contributed by atoms with Gasteiger partial charge in [0.1, 0.15) is 0 Å². The third-order valence-corrected chi connectivity index (χ3v) is 3.84. The summed E-state index contributed by atoms with van der Waals surface area (Å²) in [4.78, 5) is 5.98. The number of aromatic nitrogens is 1. The highest BCUT2D eigenvalue weighted by Crippen LogP contribution is 2.28. The third-order valence-electron chi connectivity index (χ3n) is 3.84. The lowest BCUT2D eigenvalue weighted by molar-refractivity contribution is 0.212. The molecule has 0 saturated carbocycles. The van der Waals surface area contributed by atoms with Gasteiger partial charge >= 0.3 is 0 Å². The van der Waals surface area contributed by atoms with Crippen LogP contribution in [0.2, 0.25) is 0 Å². The van der Waals surface area contributed by atoms with Gasteiger partial charge in [0.2, 0.25) is 0 Å². The Kier molecular flexibility index (Phi) is 3.10. The molecular formula is C15H20N2O. The van der Waals surface area contributed by atoms with Crippen LogP contribution < -0.4 is 0 Å². The van der Waals surface area contributed by atoms with E-state index < -0.39 is 0 Å². The van der Waals surface area contributed by atoms with E-state index in [4.69, 9.17) is 5.11 Å². The normalized spacial score (nSPS) is 16.1. The highest BCUT2D eigenvalue weighted by atomic mass is 16.3. The second-order valence-electron chi connectivity index (χ2n) is 5.23. The lowest BCUT2D eigenvalue weighted by Crippen LogP contribution is -2.31. The van der Waals surface area contributed by atoms with Crippen molar-refractivity contribution in [2.24, 2.45) is 0 Å². The molecule has 3 nitrogen and oxygen atoms in total. The van der Waals surface area contributed by atoms with Gasteiger partial charge in [-0.2, -0.15) is 0 Å². The minimum Gasteiger partial charge on any atom is -0.396 e. The number of nitrogens with one attached hydrogen (secondary N) is 1. The summed E-state index contributed by atoms with van der Waals surface area (Å²) in [5.41, 5.74) is 5.43. The smallest absolute Gasteiger partial charge is 0.0459 e. The monoisotopic (exact) mass is 244 g/mol. The largest absolute Gasteiger partial charge is 0.396 e. The second kappa shape index (κ2) is 4.75. The Bertz CT molecular complexity index is 559. The molecule has 2 heterocycles. The molecule has 96 valence electrons. The molecule has 3 rings (SSSR count). The van der Waals surface area contributed by atoms with Crippen LogP contribution in [0.25, 0.3) is 10.9 Å². The Hall–Kier alpha value is -1.32.